The molecule has 0 aliphatic carbocycles. The highest BCUT2D eigenvalue weighted by molar-refractivity contribution is 5.83. The van der Waals surface area contributed by atoms with Crippen LogP contribution in [0.5, 0.6) is 0 Å². The largest absolute Gasteiger partial charge is 0.444 e. The van der Waals surface area contributed by atoms with Crippen LogP contribution in [-0.4, -0.2) is 31.7 Å². The maximum Gasteiger partial charge on any atom is 0.413 e. The van der Waals surface area contributed by atoms with Gasteiger partial charge in [-0.3, -0.25) is 10.3 Å². The lowest BCUT2D eigenvalue weighted by molar-refractivity contribution is 0.0635. The fourth-order valence-corrected chi connectivity index (χ4v) is 1.34. The molecule has 0 spiro atoms. The predicted octanol–water partition coefficient (Wildman–Crippen LogP) is 2.01. The quantitative estimate of drug-likeness (QED) is 0.894. The van der Waals surface area contributed by atoms with Crippen molar-refractivity contribution in [3.8, 4) is 5.69 Å². The molecule has 2 aromatic heterocycles. The van der Waals surface area contributed by atoms with Gasteiger partial charge < -0.3 is 4.74 Å². The number of ether oxygens (including phenoxy) is 1. The standard InChI is InChI=1S/C12H15N5O2/c1-12(2,3)19-11(18)14-10-8-17(16-15-10)9-5-4-6-13-7-9/h4-8H,1-3H3,(H,14,18). The lowest BCUT2D eigenvalue weighted by atomic mass is 10.2. The van der Waals surface area contributed by atoms with Gasteiger partial charge in [0.15, 0.2) is 5.82 Å². The van der Waals surface area contributed by atoms with Crippen LogP contribution in [0.3, 0.4) is 0 Å². The molecule has 0 atom stereocenters. The van der Waals surface area contributed by atoms with E-state index in [1.807, 2.05) is 6.07 Å². The second kappa shape index (κ2) is 5.05. The van der Waals surface area contributed by atoms with Gasteiger partial charge in [-0.15, -0.1) is 5.10 Å². The number of hydrogen-bond donors (Lipinski definition) is 1. The Morgan fingerprint density at radius 3 is 2.84 bits per heavy atom. The van der Waals surface area contributed by atoms with Gasteiger partial charge in [0.05, 0.1) is 18.1 Å². The first-order valence-corrected chi connectivity index (χ1v) is 5.77. The van der Waals surface area contributed by atoms with Crippen molar-refractivity contribution in [3.63, 3.8) is 0 Å². The Morgan fingerprint density at radius 1 is 1.42 bits per heavy atom. The summed E-state index contributed by atoms with van der Waals surface area (Å²) in [6.07, 6.45) is 4.33. The van der Waals surface area contributed by atoms with Gasteiger partial charge in [-0.05, 0) is 32.9 Å². The van der Waals surface area contributed by atoms with E-state index in [2.05, 4.69) is 20.6 Å². The van der Waals surface area contributed by atoms with Crippen LogP contribution in [0.1, 0.15) is 20.8 Å². The molecule has 0 radical (unpaired) electrons. The summed E-state index contributed by atoms with van der Waals surface area (Å²) in [7, 11) is 0. The van der Waals surface area contributed by atoms with Crippen molar-refractivity contribution in [3.05, 3.63) is 30.7 Å². The smallest absolute Gasteiger partial charge is 0.413 e. The van der Waals surface area contributed by atoms with Crippen LogP contribution in [0.25, 0.3) is 5.69 Å². The van der Waals surface area contributed by atoms with E-state index in [4.69, 9.17) is 4.74 Å². The number of hydrogen-bond acceptors (Lipinski definition) is 5. The summed E-state index contributed by atoms with van der Waals surface area (Å²) >= 11 is 0. The third-order valence-electron chi connectivity index (χ3n) is 2.03. The van der Waals surface area contributed by atoms with E-state index in [9.17, 15) is 4.79 Å². The molecule has 2 aromatic rings. The number of rotatable bonds is 2. The molecule has 0 fully saturated rings. The molecule has 0 bridgehead atoms. The molecule has 2 heterocycles. The molecule has 0 unspecified atom stereocenters. The summed E-state index contributed by atoms with van der Waals surface area (Å²) in [5.74, 6) is 0.318. The molecular formula is C12H15N5O2. The number of pyridine rings is 1. The van der Waals surface area contributed by atoms with E-state index < -0.39 is 11.7 Å². The van der Waals surface area contributed by atoms with Crippen LogP contribution < -0.4 is 5.32 Å². The molecule has 0 aromatic carbocycles. The number of nitrogens with zero attached hydrogens (tertiary/aromatic N) is 4. The van der Waals surface area contributed by atoms with Crippen molar-refractivity contribution in [1.29, 1.82) is 0 Å². The maximum atomic E-state index is 11.6. The van der Waals surface area contributed by atoms with Gasteiger partial charge in [0.1, 0.15) is 5.60 Å². The number of nitrogens with one attached hydrogen (secondary N) is 1. The average Bonchev–Trinajstić information content (AvgIpc) is 2.76. The highest BCUT2D eigenvalue weighted by Gasteiger charge is 2.17. The van der Waals surface area contributed by atoms with Crippen molar-refractivity contribution < 1.29 is 9.53 Å². The second-order valence-corrected chi connectivity index (χ2v) is 4.89. The van der Waals surface area contributed by atoms with Crippen LogP contribution in [0.2, 0.25) is 0 Å². The molecule has 2 rings (SSSR count). The summed E-state index contributed by atoms with van der Waals surface area (Å²) in [6.45, 7) is 5.37. The molecule has 7 heteroatoms. The average molecular weight is 261 g/mol. The van der Waals surface area contributed by atoms with Crippen LogP contribution in [0.4, 0.5) is 10.6 Å². The van der Waals surface area contributed by atoms with E-state index in [-0.39, 0.29) is 0 Å². The fourth-order valence-electron chi connectivity index (χ4n) is 1.34. The van der Waals surface area contributed by atoms with E-state index in [0.29, 0.717) is 5.82 Å². The number of anilines is 1. The van der Waals surface area contributed by atoms with Gasteiger partial charge in [-0.25, -0.2) is 9.48 Å². The Balaban J connectivity index is 2.04. The fraction of sp³-hybridized carbons (Fsp3) is 0.333. The monoisotopic (exact) mass is 261 g/mol. The van der Waals surface area contributed by atoms with Gasteiger partial charge in [-0.1, -0.05) is 5.21 Å². The minimum atomic E-state index is -0.564. The van der Waals surface area contributed by atoms with Gasteiger partial charge >= 0.3 is 6.09 Å². The molecular weight excluding hydrogens is 246 g/mol. The molecule has 1 N–H and O–H groups in total. The van der Waals surface area contributed by atoms with Crippen molar-refractivity contribution in [1.82, 2.24) is 20.0 Å². The SMILES string of the molecule is CC(C)(C)OC(=O)Nc1cn(-c2cccnc2)nn1. The predicted molar refractivity (Wildman–Crippen MR) is 69.0 cm³/mol. The Kier molecular flexibility index (Phi) is 3.46. The van der Waals surface area contributed by atoms with Crippen LogP contribution >= 0.6 is 0 Å². The molecule has 7 nitrogen and oxygen atoms in total. The summed E-state index contributed by atoms with van der Waals surface area (Å²) in [4.78, 5) is 15.5. The first-order valence-electron chi connectivity index (χ1n) is 5.77. The zero-order valence-electron chi connectivity index (χ0n) is 11.0. The third kappa shape index (κ3) is 3.77. The van der Waals surface area contributed by atoms with Gasteiger partial charge in [0.25, 0.3) is 0 Å². The highest BCUT2D eigenvalue weighted by atomic mass is 16.6. The maximum absolute atomic E-state index is 11.6. The first kappa shape index (κ1) is 13.0. The molecule has 1 amide bonds. The molecule has 19 heavy (non-hydrogen) atoms. The van der Waals surface area contributed by atoms with E-state index in [1.54, 1.807) is 45.4 Å². The van der Waals surface area contributed by atoms with Crippen molar-refractivity contribution in [2.45, 2.75) is 26.4 Å². The molecule has 0 saturated heterocycles. The highest BCUT2D eigenvalue weighted by Crippen LogP contribution is 2.11. The van der Waals surface area contributed by atoms with E-state index in [1.165, 1.54) is 4.68 Å². The van der Waals surface area contributed by atoms with Crippen molar-refractivity contribution in [2.24, 2.45) is 0 Å². The Labute approximate surface area is 110 Å². The summed E-state index contributed by atoms with van der Waals surface area (Å²) in [6, 6.07) is 3.62. The van der Waals surface area contributed by atoms with Crippen molar-refractivity contribution >= 4 is 11.9 Å². The molecule has 100 valence electrons. The number of carbonyl (C=O) groups excluding carboxylic acids is 1. The zero-order chi connectivity index (χ0) is 13.9. The Bertz CT molecular complexity index is 559. The second-order valence-electron chi connectivity index (χ2n) is 4.89. The van der Waals surface area contributed by atoms with Gasteiger partial charge in [-0.2, -0.15) is 0 Å². The summed E-state index contributed by atoms with van der Waals surface area (Å²) < 4.78 is 6.63. The molecule has 0 aliphatic heterocycles. The topological polar surface area (TPSA) is 81.9 Å². The number of aromatic nitrogens is 4. The lowest BCUT2D eigenvalue weighted by Gasteiger charge is -2.18. The third-order valence-corrected chi connectivity index (χ3v) is 2.03. The van der Waals surface area contributed by atoms with Gasteiger partial charge in [0, 0.05) is 6.20 Å². The molecule has 0 aliphatic rings. The zero-order valence-corrected chi connectivity index (χ0v) is 11.0. The normalized spacial score (nSPS) is 11.1. The number of amides is 1. The first-order chi connectivity index (χ1) is 8.94. The summed E-state index contributed by atoms with van der Waals surface area (Å²) in [5.41, 5.74) is 0.205. The van der Waals surface area contributed by atoms with Crippen LogP contribution in [-0.2, 0) is 4.74 Å². The van der Waals surface area contributed by atoms with E-state index in [0.717, 1.165) is 5.69 Å². The van der Waals surface area contributed by atoms with Crippen LogP contribution in [0, 0.1) is 0 Å². The van der Waals surface area contributed by atoms with Gasteiger partial charge in [0.2, 0.25) is 0 Å². The Morgan fingerprint density at radius 2 is 2.21 bits per heavy atom. The minimum Gasteiger partial charge on any atom is -0.444 e. The summed E-state index contributed by atoms with van der Waals surface area (Å²) in [5, 5.41) is 10.2. The lowest BCUT2D eigenvalue weighted by Crippen LogP contribution is -2.27. The Hall–Kier alpha value is -2.44. The van der Waals surface area contributed by atoms with E-state index >= 15 is 0 Å². The number of carbonyl (C=O) groups is 1. The minimum absolute atomic E-state index is 0.318. The molecule has 0 saturated carbocycles. The van der Waals surface area contributed by atoms with Crippen LogP contribution in [0.15, 0.2) is 30.7 Å². The van der Waals surface area contributed by atoms with Crippen molar-refractivity contribution in [2.75, 3.05) is 5.32 Å².